The molecule has 0 aliphatic rings. The lowest BCUT2D eigenvalue weighted by Crippen LogP contribution is -2.37. The maximum Gasteiger partial charge on any atom is 0.0925 e. The molecule has 0 unspecified atom stereocenters. The normalized spacial score (nSPS) is 14.5. The van der Waals surface area contributed by atoms with Crippen molar-refractivity contribution in [2.24, 2.45) is 5.73 Å². The molecular formula is C19H39NO2. The second-order valence-electron chi connectivity index (χ2n) is 6.30. The molecule has 0 aromatic heterocycles. The fourth-order valence-electron chi connectivity index (χ4n) is 2.66. The molecule has 0 rings (SSSR count). The van der Waals surface area contributed by atoms with Crippen LogP contribution in [0.3, 0.4) is 0 Å². The van der Waals surface area contributed by atoms with Gasteiger partial charge in [0, 0.05) is 7.11 Å². The van der Waals surface area contributed by atoms with Crippen LogP contribution in [0.1, 0.15) is 84.0 Å². The molecule has 0 radical (unpaired) electrons. The minimum Gasteiger partial charge on any atom is -0.395 e. The zero-order valence-corrected chi connectivity index (χ0v) is 14.9. The van der Waals surface area contributed by atoms with Gasteiger partial charge < -0.3 is 15.6 Å². The summed E-state index contributed by atoms with van der Waals surface area (Å²) in [5, 5.41) is 9.00. The Morgan fingerprint density at radius 2 is 1.41 bits per heavy atom. The van der Waals surface area contributed by atoms with E-state index < -0.39 is 0 Å². The summed E-state index contributed by atoms with van der Waals surface area (Å²) >= 11 is 0. The highest BCUT2D eigenvalue weighted by molar-refractivity contribution is 4.94. The largest absolute Gasteiger partial charge is 0.395 e. The number of rotatable bonds is 16. The first kappa shape index (κ1) is 21.6. The molecule has 3 N–H and O–H groups in total. The maximum absolute atomic E-state index is 9.00. The summed E-state index contributed by atoms with van der Waals surface area (Å²) < 4.78 is 5.24. The van der Waals surface area contributed by atoms with Crippen molar-refractivity contribution in [2.75, 3.05) is 13.7 Å². The molecule has 0 fully saturated rings. The highest BCUT2D eigenvalue weighted by atomic mass is 16.5. The van der Waals surface area contributed by atoms with Crippen molar-refractivity contribution in [2.45, 2.75) is 96.1 Å². The van der Waals surface area contributed by atoms with Crippen LogP contribution in [-0.2, 0) is 4.74 Å². The summed E-state index contributed by atoms with van der Waals surface area (Å²) in [5.41, 5.74) is 5.75. The van der Waals surface area contributed by atoms with Crippen molar-refractivity contribution in [3.05, 3.63) is 12.2 Å². The van der Waals surface area contributed by atoms with E-state index in [9.17, 15) is 0 Å². The Morgan fingerprint density at radius 1 is 0.909 bits per heavy atom. The molecule has 0 aliphatic heterocycles. The molecule has 0 aliphatic carbocycles. The molecule has 0 aromatic rings. The van der Waals surface area contributed by atoms with Crippen LogP contribution in [0, 0.1) is 0 Å². The van der Waals surface area contributed by atoms with E-state index in [1.165, 1.54) is 70.6 Å². The number of hydrogen-bond donors (Lipinski definition) is 2. The summed E-state index contributed by atoms with van der Waals surface area (Å²) in [5.74, 6) is 0. The molecule has 0 saturated carbocycles. The smallest absolute Gasteiger partial charge is 0.0925 e. The van der Waals surface area contributed by atoms with Gasteiger partial charge in [-0.1, -0.05) is 83.3 Å². The second kappa shape index (κ2) is 17.0. The van der Waals surface area contributed by atoms with Crippen LogP contribution in [-0.4, -0.2) is 31.0 Å². The Kier molecular flexibility index (Phi) is 16.7. The van der Waals surface area contributed by atoms with E-state index >= 15 is 0 Å². The summed E-state index contributed by atoms with van der Waals surface area (Å²) in [6, 6.07) is -0.321. The van der Waals surface area contributed by atoms with Gasteiger partial charge in [0.05, 0.1) is 18.8 Å². The second-order valence-corrected chi connectivity index (χ2v) is 6.30. The Morgan fingerprint density at radius 3 is 1.86 bits per heavy atom. The molecule has 132 valence electrons. The predicted molar refractivity (Wildman–Crippen MR) is 96.1 cm³/mol. The molecule has 0 heterocycles. The number of ether oxygens (including phenoxy) is 1. The van der Waals surface area contributed by atoms with Crippen molar-refractivity contribution < 1.29 is 9.84 Å². The topological polar surface area (TPSA) is 55.5 Å². The average Bonchev–Trinajstić information content (AvgIpc) is 2.54. The molecule has 2 atom stereocenters. The lowest BCUT2D eigenvalue weighted by atomic mass is 10.0. The molecule has 0 saturated heterocycles. The lowest BCUT2D eigenvalue weighted by molar-refractivity contribution is 0.0927. The van der Waals surface area contributed by atoms with E-state index in [-0.39, 0.29) is 18.8 Å². The van der Waals surface area contributed by atoms with Gasteiger partial charge in [-0.15, -0.1) is 0 Å². The van der Waals surface area contributed by atoms with E-state index in [4.69, 9.17) is 15.6 Å². The summed E-state index contributed by atoms with van der Waals surface area (Å²) in [7, 11) is 1.63. The molecule has 3 heteroatoms. The van der Waals surface area contributed by atoms with E-state index in [2.05, 4.69) is 13.0 Å². The van der Waals surface area contributed by atoms with Gasteiger partial charge in [-0.2, -0.15) is 0 Å². The van der Waals surface area contributed by atoms with Crippen LogP contribution in [0.25, 0.3) is 0 Å². The number of aliphatic hydroxyl groups excluding tert-OH is 1. The fraction of sp³-hybridized carbons (Fsp3) is 0.895. The van der Waals surface area contributed by atoms with Gasteiger partial charge in [-0.25, -0.2) is 0 Å². The van der Waals surface area contributed by atoms with Crippen LogP contribution in [0.15, 0.2) is 12.2 Å². The first-order chi connectivity index (χ1) is 10.8. The molecule has 0 aromatic carbocycles. The maximum atomic E-state index is 9.00. The SMILES string of the molecule is CCCCCCCCCCCCC/C=C/[C@@H](OC)[C@@H](N)CO. The van der Waals surface area contributed by atoms with Gasteiger partial charge in [0.25, 0.3) is 0 Å². The predicted octanol–water partition coefficient (Wildman–Crippen LogP) is 4.58. The number of allylic oxidation sites excluding steroid dienone is 1. The average molecular weight is 314 g/mol. The third-order valence-electron chi connectivity index (χ3n) is 4.21. The van der Waals surface area contributed by atoms with Gasteiger partial charge in [0.2, 0.25) is 0 Å². The molecule has 0 bridgehead atoms. The van der Waals surface area contributed by atoms with Gasteiger partial charge in [0.15, 0.2) is 0 Å². The summed E-state index contributed by atoms with van der Waals surface area (Å²) in [4.78, 5) is 0. The van der Waals surface area contributed by atoms with Crippen LogP contribution < -0.4 is 5.73 Å². The van der Waals surface area contributed by atoms with Gasteiger partial charge in [-0.3, -0.25) is 0 Å². The van der Waals surface area contributed by atoms with E-state index in [1.807, 2.05) is 6.08 Å². The third-order valence-corrected chi connectivity index (χ3v) is 4.21. The number of aliphatic hydroxyl groups is 1. The number of unbranched alkanes of at least 4 members (excludes halogenated alkanes) is 11. The molecule has 3 nitrogen and oxygen atoms in total. The quantitative estimate of drug-likeness (QED) is 0.324. The standard InChI is InChI=1S/C19H39NO2/c1-3-4-5-6-7-8-9-10-11-12-13-14-15-16-19(22-2)18(20)17-21/h15-16,18-19,21H,3-14,17,20H2,1-2H3/b16-15+/t18-,19+/m0/s1. The van der Waals surface area contributed by atoms with Crippen LogP contribution in [0.4, 0.5) is 0 Å². The molecule has 0 spiro atoms. The zero-order valence-electron chi connectivity index (χ0n) is 14.9. The van der Waals surface area contributed by atoms with Crippen molar-refractivity contribution in [3.63, 3.8) is 0 Å². The van der Waals surface area contributed by atoms with Crippen LogP contribution in [0.2, 0.25) is 0 Å². The van der Waals surface area contributed by atoms with Crippen LogP contribution >= 0.6 is 0 Å². The summed E-state index contributed by atoms with van der Waals surface area (Å²) in [6.45, 7) is 2.23. The molecule has 0 amide bonds. The zero-order chi connectivity index (χ0) is 16.5. The Labute approximate surface area is 138 Å². The minimum atomic E-state index is -0.321. The number of methoxy groups -OCH3 is 1. The van der Waals surface area contributed by atoms with Crippen molar-refractivity contribution in [1.82, 2.24) is 0 Å². The fourth-order valence-corrected chi connectivity index (χ4v) is 2.66. The Balaban J connectivity index is 3.32. The highest BCUT2D eigenvalue weighted by Gasteiger charge is 2.11. The van der Waals surface area contributed by atoms with Crippen molar-refractivity contribution in [3.8, 4) is 0 Å². The highest BCUT2D eigenvalue weighted by Crippen LogP contribution is 2.12. The minimum absolute atomic E-state index is 0.0404. The monoisotopic (exact) mass is 313 g/mol. The first-order valence-corrected chi connectivity index (χ1v) is 9.32. The first-order valence-electron chi connectivity index (χ1n) is 9.32. The lowest BCUT2D eigenvalue weighted by Gasteiger charge is -2.16. The Hall–Kier alpha value is -0.380. The third kappa shape index (κ3) is 13.3. The number of nitrogens with two attached hydrogens (primary N) is 1. The van der Waals surface area contributed by atoms with Crippen LogP contribution in [0.5, 0.6) is 0 Å². The van der Waals surface area contributed by atoms with Crippen molar-refractivity contribution >= 4 is 0 Å². The van der Waals surface area contributed by atoms with E-state index in [0.717, 1.165) is 6.42 Å². The molecule has 22 heavy (non-hydrogen) atoms. The summed E-state index contributed by atoms with van der Waals surface area (Å²) in [6.07, 6.45) is 20.1. The van der Waals surface area contributed by atoms with Crippen molar-refractivity contribution in [1.29, 1.82) is 0 Å². The molecular weight excluding hydrogens is 274 g/mol. The van der Waals surface area contributed by atoms with E-state index in [0.29, 0.717) is 0 Å². The van der Waals surface area contributed by atoms with Gasteiger partial charge in [-0.05, 0) is 12.8 Å². The van der Waals surface area contributed by atoms with E-state index in [1.54, 1.807) is 7.11 Å². The Bertz CT molecular complexity index is 244. The number of hydrogen-bond acceptors (Lipinski definition) is 3. The van der Waals surface area contributed by atoms with Gasteiger partial charge >= 0.3 is 0 Å². The van der Waals surface area contributed by atoms with Gasteiger partial charge in [0.1, 0.15) is 0 Å².